The standard InChI is InChI=1S/C33H33Cl2N3O4S/c1-3-36-33(40)31(20-25-8-5-4-6-9-25)37(22-26-14-16-27(34)17-15-26)32(39)23-38(29-11-7-10-28(35)21-29)43(41,42)30-18-12-24(2)13-19-30/h4-19,21,31H,3,20,22-23H2,1-2H3,(H,36,40)/t31-/m1/s1. The van der Waals surface area contributed by atoms with Gasteiger partial charge in [-0.3, -0.25) is 13.9 Å². The molecular weight excluding hydrogens is 605 g/mol. The van der Waals surface area contributed by atoms with E-state index >= 15 is 0 Å². The Hall–Kier alpha value is -3.85. The second kappa shape index (κ2) is 14.6. The van der Waals surface area contributed by atoms with Gasteiger partial charge >= 0.3 is 0 Å². The maximum absolute atomic E-state index is 14.3. The molecule has 1 atom stereocenters. The highest BCUT2D eigenvalue weighted by molar-refractivity contribution is 7.92. The summed E-state index contributed by atoms with van der Waals surface area (Å²) in [6, 6.07) is 28.2. The van der Waals surface area contributed by atoms with Crippen LogP contribution in [-0.2, 0) is 32.6 Å². The number of hydrogen-bond donors (Lipinski definition) is 1. The van der Waals surface area contributed by atoms with Crippen molar-refractivity contribution in [3.05, 3.63) is 130 Å². The van der Waals surface area contributed by atoms with Crippen LogP contribution in [0.25, 0.3) is 0 Å². The third kappa shape index (κ3) is 8.38. The molecule has 0 spiro atoms. The molecule has 4 aromatic carbocycles. The van der Waals surface area contributed by atoms with Crippen LogP contribution >= 0.6 is 23.2 Å². The van der Waals surface area contributed by atoms with Crippen LogP contribution in [0.5, 0.6) is 0 Å². The van der Waals surface area contributed by atoms with Gasteiger partial charge in [-0.25, -0.2) is 8.42 Å². The molecule has 0 aliphatic heterocycles. The molecule has 0 bridgehead atoms. The van der Waals surface area contributed by atoms with E-state index < -0.39 is 28.5 Å². The summed E-state index contributed by atoms with van der Waals surface area (Å²) in [5.41, 5.74) is 2.71. The van der Waals surface area contributed by atoms with Gasteiger partial charge in [0.15, 0.2) is 0 Å². The molecule has 4 aromatic rings. The van der Waals surface area contributed by atoms with Crippen molar-refractivity contribution in [1.82, 2.24) is 10.2 Å². The average molecular weight is 639 g/mol. The van der Waals surface area contributed by atoms with Gasteiger partial charge in [0.1, 0.15) is 12.6 Å². The number of rotatable bonds is 12. The number of sulfonamides is 1. The molecule has 0 heterocycles. The van der Waals surface area contributed by atoms with Gasteiger partial charge in [-0.15, -0.1) is 0 Å². The summed E-state index contributed by atoms with van der Waals surface area (Å²) >= 11 is 12.4. The van der Waals surface area contributed by atoms with E-state index in [0.29, 0.717) is 16.6 Å². The topological polar surface area (TPSA) is 86.8 Å². The van der Waals surface area contributed by atoms with Gasteiger partial charge in [0.2, 0.25) is 11.8 Å². The summed E-state index contributed by atoms with van der Waals surface area (Å²) in [5.74, 6) is -0.901. The van der Waals surface area contributed by atoms with Crippen molar-refractivity contribution in [2.75, 3.05) is 17.4 Å². The van der Waals surface area contributed by atoms with E-state index in [-0.39, 0.29) is 29.5 Å². The summed E-state index contributed by atoms with van der Waals surface area (Å²) in [6.07, 6.45) is 0.230. The molecule has 0 aliphatic rings. The highest BCUT2D eigenvalue weighted by atomic mass is 35.5. The second-order valence-corrected chi connectivity index (χ2v) is 12.8. The molecule has 0 saturated carbocycles. The molecule has 0 radical (unpaired) electrons. The fraction of sp³-hybridized carbons (Fsp3) is 0.212. The van der Waals surface area contributed by atoms with Gasteiger partial charge in [0.05, 0.1) is 10.6 Å². The van der Waals surface area contributed by atoms with E-state index in [4.69, 9.17) is 23.2 Å². The van der Waals surface area contributed by atoms with E-state index in [1.807, 2.05) is 37.3 Å². The van der Waals surface area contributed by atoms with Crippen molar-refractivity contribution in [2.24, 2.45) is 0 Å². The van der Waals surface area contributed by atoms with E-state index in [1.54, 1.807) is 61.5 Å². The number of amides is 2. The van der Waals surface area contributed by atoms with Gasteiger partial charge in [-0.05, 0) is 67.4 Å². The Bertz CT molecular complexity index is 1650. The maximum Gasteiger partial charge on any atom is 0.264 e. The summed E-state index contributed by atoms with van der Waals surface area (Å²) in [4.78, 5) is 29.3. The lowest BCUT2D eigenvalue weighted by Gasteiger charge is -2.34. The number of carbonyl (C=O) groups excluding carboxylic acids is 2. The Labute approximate surface area is 263 Å². The number of carbonyl (C=O) groups is 2. The first-order valence-electron chi connectivity index (χ1n) is 13.8. The predicted octanol–water partition coefficient (Wildman–Crippen LogP) is 6.27. The molecule has 2 amide bonds. The normalized spacial score (nSPS) is 11.9. The molecule has 43 heavy (non-hydrogen) atoms. The number of hydrogen-bond acceptors (Lipinski definition) is 4. The third-order valence-electron chi connectivity index (χ3n) is 6.87. The predicted molar refractivity (Wildman–Crippen MR) is 172 cm³/mol. The molecule has 0 aromatic heterocycles. The van der Waals surface area contributed by atoms with Crippen LogP contribution < -0.4 is 9.62 Å². The van der Waals surface area contributed by atoms with E-state index in [0.717, 1.165) is 21.0 Å². The zero-order valence-electron chi connectivity index (χ0n) is 23.9. The monoisotopic (exact) mass is 637 g/mol. The first kappa shape index (κ1) is 32.1. The van der Waals surface area contributed by atoms with E-state index in [1.165, 1.54) is 23.1 Å². The summed E-state index contributed by atoms with van der Waals surface area (Å²) < 4.78 is 29.1. The minimum Gasteiger partial charge on any atom is -0.355 e. The fourth-order valence-corrected chi connectivity index (χ4v) is 6.35. The Balaban J connectivity index is 1.79. The van der Waals surface area contributed by atoms with Crippen molar-refractivity contribution in [1.29, 1.82) is 0 Å². The first-order valence-corrected chi connectivity index (χ1v) is 16.0. The smallest absolute Gasteiger partial charge is 0.264 e. The number of nitrogens with zero attached hydrogens (tertiary/aromatic N) is 2. The molecule has 0 fully saturated rings. The number of nitrogens with one attached hydrogen (secondary N) is 1. The van der Waals surface area contributed by atoms with E-state index in [2.05, 4.69) is 5.32 Å². The molecular formula is C33H33Cl2N3O4S. The highest BCUT2D eigenvalue weighted by Crippen LogP contribution is 2.27. The van der Waals surface area contributed by atoms with Gasteiger partial charge < -0.3 is 10.2 Å². The SMILES string of the molecule is CCNC(=O)[C@@H](Cc1ccccc1)N(Cc1ccc(Cl)cc1)C(=O)CN(c1cccc(Cl)c1)S(=O)(=O)c1ccc(C)cc1. The first-order chi connectivity index (χ1) is 20.6. The second-order valence-electron chi connectivity index (χ2n) is 10.1. The molecule has 10 heteroatoms. The molecule has 224 valence electrons. The number of anilines is 1. The number of benzene rings is 4. The lowest BCUT2D eigenvalue weighted by atomic mass is 10.0. The Morgan fingerprint density at radius 3 is 2.12 bits per heavy atom. The minimum atomic E-state index is -4.20. The zero-order valence-corrected chi connectivity index (χ0v) is 26.2. The molecule has 0 unspecified atom stereocenters. The van der Waals surface area contributed by atoms with Crippen molar-refractivity contribution in [3.63, 3.8) is 0 Å². The third-order valence-corrected chi connectivity index (χ3v) is 9.15. The number of halogens is 2. The van der Waals surface area contributed by atoms with Crippen molar-refractivity contribution >= 4 is 50.7 Å². The number of aryl methyl sites for hydroxylation is 1. The Morgan fingerprint density at radius 1 is 0.814 bits per heavy atom. The summed E-state index contributed by atoms with van der Waals surface area (Å²) in [7, 11) is -4.20. The zero-order chi connectivity index (χ0) is 31.0. The molecule has 4 rings (SSSR count). The fourth-order valence-electron chi connectivity index (χ4n) is 4.63. The van der Waals surface area contributed by atoms with Gasteiger partial charge in [0, 0.05) is 29.6 Å². The quantitative estimate of drug-likeness (QED) is 0.198. The van der Waals surface area contributed by atoms with Crippen LogP contribution in [0.4, 0.5) is 5.69 Å². The molecule has 1 N–H and O–H groups in total. The lowest BCUT2D eigenvalue weighted by molar-refractivity contribution is -0.140. The van der Waals surface area contributed by atoms with E-state index in [9.17, 15) is 18.0 Å². The minimum absolute atomic E-state index is 0.0275. The number of likely N-dealkylation sites (N-methyl/N-ethyl adjacent to an activating group) is 1. The lowest BCUT2D eigenvalue weighted by Crippen LogP contribution is -2.53. The van der Waals surface area contributed by atoms with Crippen LogP contribution in [0.15, 0.2) is 108 Å². The van der Waals surface area contributed by atoms with Crippen LogP contribution in [0.1, 0.15) is 23.6 Å². The van der Waals surface area contributed by atoms with Gasteiger partial charge in [-0.1, -0.05) is 89.4 Å². The highest BCUT2D eigenvalue weighted by Gasteiger charge is 2.34. The summed E-state index contributed by atoms with van der Waals surface area (Å²) in [6.45, 7) is 3.52. The molecule has 0 aliphatic carbocycles. The summed E-state index contributed by atoms with van der Waals surface area (Å²) in [5, 5.41) is 3.69. The average Bonchev–Trinajstić information content (AvgIpc) is 2.99. The van der Waals surface area contributed by atoms with Gasteiger partial charge in [-0.2, -0.15) is 0 Å². The van der Waals surface area contributed by atoms with Gasteiger partial charge in [0.25, 0.3) is 10.0 Å². The largest absolute Gasteiger partial charge is 0.355 e. The van der Waals surface area contributed by atoms with Crippen molar-refractivity contribution < 1.29 is 18.0 Å². The van der Waals surface area contributed by atoms with Crippen LogP contribution in [0.2, 0.25) is 10.0 Å². The molecule has 7 nitrogen and oxygen atoms in total. The van der Waals surface area contributed by atoms with Crippen LogP contribution in [0, 0.1) is 6.92 Å². The Kier molecular flexibility index (Phi) is 10.9. The van der Waals surface area contributed by atoms with Crippen molar-refractivity contribution in [3.8, 4) is 0 Å². The molecule has 0 saturated heterocycles. The Morgan fingerprint density at radius 2 is 1.49 bits per heavy atom. The van der Waals surface area contributed by atoms with Crippen molar-refractivity contribution in [2.45, 2.75) is 37.8 Å². The maximum atomic E-state index is 14.3. The van der Waals surface area contributed by atoms with Crippen LogP contribution in [-0.4, -0.2) is 44.3 Å². The van der Waals surface area contributed by atoms with Crippen LogP contribution in [0.3, 0.4) is 0 Å².